The average Bonchev–Trinajstić information content (AvgIpc) is 3.46. The minimum absolute atomic E-state index is 0.0712. The Morgan fingerprint density at radius 1 is 1.08 bits per heavy atom. The second-order valence-corrected chi connectivity index (χ2v) is 6.95. The third kappa shape index (κ3) is 4.88. The molecule has 7 nitrogen and oxygen atoms in total. The van der Waals surface area contributed by atoms with Gasteiger partial charge in [0, 0.05) is 23.7 Å². The topological polar surface area (TPSA) is 79.9 Å². The normalized spacial score (nSPS) is 18.2. The molecule has 1 aromatic carbocycles. The first kappa shape index (κ1) is 18.5. The van der Waals surface area contributed by atoms with Crippen LogP contribution >= 0.6 is 0 Å². The molecular formula is C19H27N3O4. The molecular weight excluding hydrogens is 334 g/mol. The van der Waals surface area contributed by atoms with E-state index in [1.54, 1.807) is 32.4 Å². The maximum atomic E-state index is 12.3. The maximum absolute atomic E-state index is 12.3. The fourth-order valence-electron chi connectivity index (χ4n) is 3.22. The molecule has 2 fully saturated rings. The van der Waals surface area contributed by atoms with Crippen LogP contribution in [0.15, 0.2) is 18.2 Å². The van der Waals surface area contributed by atoms with Gasteiger partial charge in [0.1, 0.15) is 0 Å². The molecule has 3 rings (SSSR count). The van der Waals surface area contributed by atoms with Gasteiger partial charge in [-0.3, -0.25) is 14.5 Å². The van der Waals surface area contributed by atoms with Crippen LogP contribution in [0.1, 0.15) is 25.7 Å². The molecule has 1 heterocycles. The average molecular weight is 361 g/mol. The minimum atomic E-state index is -0.0712. The minimum Gasteiger partial charge on any atom is -0.493 e. The van der Waals surface area contributed by atoms with Gasteiger partial charge in [-0.1, -0.05) is 0 Å². The van der Waals surface area contributed by atoms with Crippen molar-refractivity contribution >= 4 is 17.5 Å². The summed E-state index contributed by atoms with van der Waals surface area (Å²) in [7, 11) is 3.14. The van der Waals surface area contributed by atoms with Crippen molar-refractivity contribution in [3.63, 3.8) is 0 Å². The first-order valence-corrected chi connectivity index (χ1v) is 9.13. The van der Waals surface area contributed by atoms with Crippen LogP contribution < -0.4 is 20.1 Å². The number of hydrogen-bond donors (Lipinski definition) is 2. The number of piperidine rings is 1. The highest BCUT2D eigenvalue weighted by molar-refractivity contribution is 5.92. The van der Waals surface area contributed by atoms with Crippen molar-refractivity contribution in [2.24, 2.45) is 5.92 Å². The maximum Gasteiger partial charge on any atom is 0.238 e. The number of carbonyl (C=O) groups excluding carboxylic acids is 2. The summed E-state index contributed by atoms with van der Waals surface area (Å²) < 4.78 is 10.4. The third-order valence-electron chi connectivity index (χ3n) is 4.92. The first-order chi connectivity index (χ1) is 12.6. The predicted octanol–water partition coefficient (Wildman–Crippen LogP) is 1.63. The second kappa shape index (κ2) is 8.40. The van der Waals surface area contributed by atoms with Gasteiger partial charge in [0.25, 0.3) is 0 Å². The molecule has 0 bridgehead atoms. The van der Waals surface area contributed by atoms with E-state index in [1.807, 2.05) is 0 Å². The summed E-state index contributed by atoms with van der Waals surface area (Å²) in [4.78, 5) is 26.5. The molecule has 1 aliphatic heterocycles. The van der Waals surface area contributed by atoms with E-state index in [0.717, 1.165) is 38.8 Å². The Hall–Kier alpha value is -2.28. The van der Waals surface area contributed by atoms with Crippen molar-refractivity contribution in [2.75, 3.05) is 39.2 Å². The summed E-state index contributed by atoms with van der Waals surface area (Å²) in [6.45, 7) is 1.86. The van der Waals surface area contributed by atoms with E-state index in [2.05, 4.69) is 15.5 Å². The molecule has 0 radical (unpaired) electrons. The largest absolute Gasteiger partial charge is 0.493 e. The van der Waals surface area contributed by atoms with E-state index < -0.39 is 0 Å². The summed E-state index contributed by atoms with van der Waals surface area (Å²) in [5.74, 6) is 1.39. The number of ether oxygens (including phenoxy) is 2. The molecule has 142 valence electrons. The van der Waals surface area contributed by atoms with Crippen LogP contribution in [0.2, 0.25) is 0 Å². The van der Waals surface area contributed by atoms with Crippen molar-refractivity contribution in [3.8, 4) is 11.5 Å². The number of anilines is 1. The zero-order chi connectivity index (χ0) is 18.5. The number of benzene rings is 1. The lowest BCUT2D eigenvalue weighted by atomic mass is 9.96. The van der Waals surface area contributed by atoms with Gasteiger partial charge >= 0.3 is 0 Å². The second-order valence-electron chi connectivity index (χ2n) is 6.95. The Labute approximate surface area is 154 Å². The van der Waals surface area contributed by atoms with Crippen molar-refractivity contribution in [1.82, 2.24) is 10.2 Å². The third-order valence-corrected chi connectivity index (χ3v) is 4.92. The Balaban J connectivity index is 1.44. The molecule has 0 unspecified atom stereocenters. The molecule has 1 aromatic rings. The molecule has 1 saturated carbocycles. The molecule has 0 atom stereocenters. The first-order valence-electron chi connectivity index (χ1n) is 9.13. The molecule has 1 aliphatic carbocycles. The van der Waals surface area contributed by atoms with Gasteiger partial charge in [0.05, 0.1) is 20.8 Å². The van der Waals surface area contributed by atoms with Crippen LogP contribution in [-0.2, 0) is 9.59 Å². The van der Waals surface area contributed by atoms with Gasteiger partial charge in [0.15, 0.2) is 11.5 Å². The Morgan fingerprint density at radius 3 is 2.38 bits per heavy atom. The summed E-state index contributed by atoms with van der Waals surface area (Å²) >= 11 is 0. The summed E-state index contributed by atoms with van der Waals surface area (Å²) in [6.07, 6.45) is 3.84. The molecule has 2 amide bonds. The van der Waals surface area contributed by atoms with Crippen LogP contribution in [0.4, 0.5) is 5.69 Å². The molecule has 2 N–H and O–H groups in total. The fraction of sp³-hybridized carbons (Fsp3) is 0.579. The number of methoxy groups -OCH3 is 2. The van der Waals surface area contributed by atoms with Crippen molar-refractivity contribution in [2.45, 2.75) is 31.7 Å². The highest BCUT2D eigenvalue weighted by atomic mass is 16.5. The van der Waals surface area contributed by atoms with Gasteiger partial charge in [0.2, 0.25) is 11.8 Å². The van der Waals surface area contributed by atoms with Crippen LogP contribution in [0, 0.1) is 5.92 Å². The smallest absolute Gasteiger partial charge is 0.238 e. The number of likely N-dealkylation sites (tertiary alicyclic amines) is 1. The Kier molecular flexibility index (Phi) is 5.98. The lowest BCUT2D eigenvalue weighted by molar-refractivity contribution is -0.126. The number of nitrogens with one attached hydrogen (secondary N) is 2. The van der Waals surface area contributed by atoms with Gasteiger partial charge in [-0.25, -0.2) is 0 Å². The lowest BCUT2D eigenvalue weighted by Crippen LogP contribution is -2.43. The summed E-state index contributed by atoms with van der Waals surface area (Å²) in [5.41, 5.74) is 0.673. The highest BCUT2D eigenvalue weighted by Crippen LogP contribution is 2.29. The van der Waals surface area contributed by atoms with Crippen LogP contribution in [0.5, 0.6) is 11.5 Å². The molecule has 2 aliphatic rings. The van der Waals surface area contributed by atoms with Crippen LogP contribution in [0.3, 0.4) is 0 Å². The predicted molar refractivity (Wildman–Crippen MR) is 98.5 cm³/mol. The number of rotatable bonds is 7. The van der Waals surface area contributed by atoms with Crippen molar-refractivity contribution in [1.29, 1.82) is 0 Å². The van der Waals surface area contributed by atoms with Crippen molar-refractivity contribution in [3.05, 3.63) is 18.2 Å². The quantitative estimate of drug-likeness (QED) is 0.772. The fourth-order valence-corrected chi connectivity index (χ4v) is 3.22. The number of hydrogen-bond acceptors (Lipinski definition) is 5. The highest BCUT2D eigenvalue weighted by Gasteiger charge is 2.30. The summed E-state index contributed by atoms with van der Waals surface area (Å²) in [5, 5.41) is 5.96. The summed E-state index contributed by atoms with van der Waals surface area (Å²) in [6, 6.07) is 5.70. The molecule has 1 saturated heterocycles. The standard InChI is InChI=1S/C19H27N3O4/c1-25-16-6-5-15(11-17(16)26-2)20-18(23)12-22-9-7-13(8-10-22)19(24)21-14-3-4-14/h5-6,11,13-14H,3-4,7-10,12H2,1-2H3,(H,20,23)(H,21,24). The van der Waals surface area contributed by atoms with E-state index in [0.29, 0.717) is 29.8 Å². The van der Waals surface area contributed by atoms with Gasteiger partial charge in [-0.15, -0.1) is 0 Å². The van der Waals surface area contributed by atoms with Crippen molar-refractivity contribution < 1.29 is 19.1 Å². The van der Waals surface area contributed by atoms with E-state index in [1.165, 1.54) is 0 Å². The Morgan fingerprint density at radius 2 is 1.77 bits per heavy atom. The van der Waals surface area contributed by atoms with E-state index in [4.69, 9.17) is 9.47 Å². The van der Waals surface area contributed by atoms with Gasteiger partial charge in [-0.05, 0) is 50.9 Å². The van der Waals surface area contributed by atoms with Gasteiger partial charge < -0.3 is 20.1 Å². The van der Waals surface area contributed by atoms with E-state index in [-0.39, 0.29) is 17.7 Å². The number of carbonyl (C=O) groups is 2. The molecule has 0 aromatic heterocycles. The number of amides is 2. The molecule has 0 spiro atoms. The van der Waals surface area contributed by atoms with Crippen LogP contribution in [0.25, 0.3) is 0 Å². The van der Waals surface area contributed by atoms with E-state index in [9.17, 15) is 9.59 Å². The molecule has 7 heteroatoms. The SMILES string of the molecule is COc1ccc(NC(=O)CN2CCC(C(=O)NC3CC3)CC2)cc1OC. The Bertz CT molecular complexity index is 652. The zero-order valence-corrected chi connectivity index (χ0v) is 15.4. The monoisotopic (exact) mass is 361 g/mol. The van der Waals surface area contributed by atoms with Crippen LogP contribution in [-0.4, -0.2) is 56.6 Å². The molecule has 26 heavy (non-hydrogen) atoms. The van der Waals surface area contributed by atoms with Gasteiger partial charge in [-0.2, -0.15) is 0 Å². The lowest BCUT2D eigenvalue weighted by Gasteiger charge is -2.30. The van der Waals surface area contributed by atoms with E-state index >= 15 is 0 Å². The number of nitrogens with zero attached hydrogens (tertiary/aromatic N) is 1. The zero-order valence-electron chi connectivity index (χ0n) is 15.4.